The fourth-order valence-electron chi connectivity index (χ4n) is 7.53. The molecule has 4 heteroatoms. The van der Waals surface area contributed by atoms with Gasteiger partial charge >= 0.3 is 0 Å². The molecule has 0 aliphatic heterocycles. The summed E-state index contributed by atoms with van der Waals surface area (Å²) in [5.41, 5.74) is 1.34. The molecular weight excluding hydrogens is 588 g/mol. The van der Waals surface area contributed by atoms with E-state index in [0.29, 0.717) is 10.8 Å². The third-order valence-corrected chi connectivity index (χ3v) is 9.90. The van der Waals surface area contributed by atoms with Crippen LogP contribution in [0.2, 0.25) is 0 Å². The van der Waals surface area contributed by atoms with E-state index in [2.05, 4.69) is 60.7 Å². The summed E-state index contributed by atoms with van der Waals surface area (Å²) in [6, 6.07) is 49.0. The molecule has 0 N–H and O–H groups in total. The van der Waals surface area contributed by atoms with Gasteiger partial charge in [-0.2, -0.15) is 0 Å². The lowest BCUT2D eigenvalue weighted by Crippen LogP contribution is -2.16. The lowest BCUT2D eigenvalue weighted by Gasteiger charge is -2.12. The summed E-state index contributed by atoms with van der Waals surface area (Å²) in [4.78, 5) is 29.5. The van der Waals surface area contributed by atoms with Gasteiger partial charge in [0.15, 0.2) is 0 Å². The Morgan fingerprint density at radius 1 is 0.333 bits per heavy atom. The lowest BCUT2D eigenvalue weighted by molar-refractivity contribution is 0.920. The first-order chi connectivity index (χ1) is 23.5. The summed E-state index contributed by atoms with van der Waals surface area (Å²) >= 11 is 0. The molecule has 1 aromatic heterocycles. The number of benzene rings is 8. The van der Waals surface area contributed by atoms with Crippen molar-refractivity contribution in [2.75, 3.05) is 0 Å². The molecule has 1 heterocycles. The molecule has 0 amide bonds. The first kappa shape index (κ1) is 28.0. The Kier molecular flexibility index (Phi) is 6.21. The molecule has 0 radical (unpaired) electrons. The molecule has 9 aromatic rings. The van der Waals surface area contributed by atoms with Crippen LogP contribution in [-0.4, -0.2) is 9.13 Å². The molecule has 4 bridgehead atoms. The van der Waals surface area contributed by atoms with Crippen LogP contribution < -0.4 is 11.1 Å². The largest absolute Gasteiger partial charge is 0.311 e. The zero-order valence-corrected chi connectivity index (χ0v) is 26.6. The minimum atomic E-state index is -0.109. The first-order valence-corrected chi connectivity index (χ1v) is 16.1. The van der Waals surface area contributed by atoms with Gasteiger partial charge in [-0.05, 0) is 90.3 Å². The molecule has 48 heavy (non-hydrogen) atoms. The molecular formula is C44H30N2O2. The van der Waals surface area contributed by atoms with Gasteiger partial charge in [-0.25, -0.2) is 0 Å². The summed E-state index contributed by atoms with van der Waals surface area (Å²) in [5.74, 6) is 0. The molecule has 0 spiro atoms. The van der Waals surface area contributed by atoms with E-state index in [1.54, 1.807) is 9.13 Å². The van der Waals surface area contributed by atoms with E-state index in [1.807, 2.05) is 99.0 Å². The summed E-state index contributed by atoms with van der Waals surface area (Å²) in [6.07, 6.45) is 0. The first-order valence-electron chi connectivity index (χ1n) is 16.1. The summed E-state index contributed by atoms with van der Waals surface area (Å²) in [5, 5.41) is 12.9. The highest BCUT2D eigenvalue weighted by molar-refractivity contribution is 6.23. The van der Waals surface area contributed by atoms with Crippen LogP contribution in [0.15, 0.2) is 155 Å². The molecule has 8 aromatic carbocycles. The molecule has 228 valence electrons. The summed E-state index contributed by atoms with van der Waals surface area (Å²) in [7, 11) is 3.70. The average Bonchev–Trinajstić information content (AvgIpc) is 3.14. The second-order valence-electron chi connectivity index (χ2n) is 12.6. The van der Waals surface area contributed by atoms with Crippen LogP contribution >= 0.6 is 0 Å². The van der Waals surface area contributed by atoms with Crippen LogP contribution in [0.25, 0.3) is 86.4 Å². The molecule has 0 atom stereocenters. The lowest BCUT2D eigenvalue weighted by atomic mass is 9.97. The van der Waals surface area contributed by atoms with Crippen molar-refractivity contribution in [3.05, 3.63) is 166 Å². The van der Waals surface area contributed by atoms with Gasteiger partial charge in [-0.15, -0.1) is 0 Å². The van der Waals surface area contributed by atoms with Gasteiger partial charge in [0.2, 0.25) is 0 Å². The van der Waals surface area contributed by atoms with Crippen LogP contribution in [0.5, 0.6) is 0 Å². The van der Waals surface area contributed by atoms with Crippen molar-refractivity contribution in [1.29, 1.82) is 0 Å². The number of aromatic nitrogens is 2. The van der Waals surface area contributed by atoms with E-state index in [9.17, 15) is 9.59 Å². The number of hydrogen-bond acceptors (Lipinski definition) is 2. The van der Waals surface area contributed by atoms with Crippen LogP contribution in [0.3, 0.4) is 0 Å². The van der Waals surface area contributed by atoms with Crippen LogP contribution in [-0.2, 0) is 14.1 Å². The SMILES string of the molecule is Cn1c(=O)c2cc3ccccc3c(c2)c2c3ccccc3ccc2n(C)c(=O)c2cc3ccccc3c(c2)c2c3ccccc3ccc21. The summed E-state index contributed by atoms with van der Waals surface area (Å²) < 4.78 is 3.53. The molecule has 0 unspecified atom stereocenters. The van der Waals surface area contributed by atoms with Crippen molar-refractivity contribution >= 4 is 86.4 Å². The monoisotopic (exact) mass is 618 g/mol. The smallest absolute Gasteiger partial charge is 0.258 e. The molecule has 0 saturated heterocycles. The topological polar surface area (TPSA) is 44.0 Å². The number of aryl methyl sites for hydroxylation is 2. The van der Waals surface area contributed by atoms with Crippen molar-refractivity contribution in [2.45, 2.75) is 0 Å². The van der Waals surface area contributed by atoms with E-state index in [0.717, 1.165) is 75.7 Å². The maximum atomic E-state index is 14.8. The number of nitrogens with zero attached hydrogens (tertiary/aromatic N) is 2. The van der Waals surface area contributed by atoms with E-state index >= 15 is 0 Å². The van der Waals surface area contributed by atoms with Crippen molar-refractivity contribution in [1.82, 2.24) is 9.13 Å². The highest BCUT2D eigenvalue weighted by Crippen LogP contribution is 2.34. The second-order valence-corrected chi connectivity index (χ2v) is 12.6. The zero-order chi connectivity index (χ0) is 32.5. The number of rotatable bonds is 0. The highest BCUT2D eigenvalue weighted by atomic mass is 16.1. The predicted molar refractivity (Wildman–Crippen MR) is 203 cm³/mol. The minimum Gasteiger partial charge on any atom is -0.311 e. The third kappa shape index (κ3) is 4.16. The summed E-state index contributed by atoms with van der Waals surface area (Å²) in [6.45, 7) is 0. The fraction of sp³-hybridized carbons (Fsp3) is 0.0455. The molecule has 4 nitrogen and oxygen atoms in total. The predicted octanol–water partition coefficient (Wildman–Crippen LogP) is 10.00. The van der Waals surface area contributed by atoms with Crippen molar-refractivity contribution in [3.8, 4) is 0 Å². The van der Waals surface area contributed by atoms with E-state index in [4.69, 9.17) is 0 Å². The molecule has 9 rings (SSSR count). The Labute approximate surface area is 275 Å². The third-order valence-electron chi connectivity index (χ3n) is 9.90. The van der Waals surface area contributed by atoms with Gasteiger partial charge in [0, 0.05) is 35.6 Å². The maximum Gasteiger partial charge on any atom is 0.258 e. The zero-order valence-electron chi connectivity index (χ0n) is 26.6. The van der Waals surface area contributed by atoms with Crippen molar-refractivity contribution in [2.24, 2.45) is 14.1 Å². The molecule has 0 saturated carbocycles. The van der Waals surface area contributed by atoms with Gasteiger partial charge in [0.25, 0.3) is 11.1 Å². The van der Waals surface area contributed by atoms with Gasteiger partial charge in [-0.3, -0.25) is 9.59 Å². The quantitative estimate of drug-likeness (QED) is 0.170. The van der Waals surface area contributed by atoms with Crippen molar-refractivity contribution in [3.63, 3.8) is 0 Å². The number of hydrogen-bond donors (Lipinski definition) is 0. The molecule has 0 aliphatic carbocycles. The highest BCUT2D eigenvalue weighted by Gasteiger charge is 2.12. The van der Waals surface area contributed by atoms with Gasteiger partial charge < -0.3 is 9.13 Å². The van der Waals surface area contributed by atoms with E-state index < -0.39 is 0 Å². The average molecular weight is 619 g/mol. The second kappa shape index (κ2) is 10.6. The minimum absolute atomic E-state index is 0.109. The Balaban J connectivity index is 1.71. The van der Waals surface area contributed by atoms with Crippen molar-refractivity contribution < 1.29 is 0 Å². The Morgan fingerprint density at radius 3 is 1.10 bits per heavy atom. The van der Waals surface area contributed by atoms with Crippen LogP contribution in [0.1, 0.15) is 0 Å². The normalized spacial score (nSPS) is 11.7. The standard InChI is InChI=1S/C44H30N2O2/c1-45-39-21-19-27-11-3-9-17-35(27)41(39)37-26-32(24-30-14-6-7-15-33(30)37)44(48)46(2)40-22-20-28-12-4-10-18-36(28)42(40)38-25-31(43(45)47)23-29-13-5-8-16-34(29)38/h3-26H,1-2H3. The van der Waals surface area contributed by atoms with Gasteiger partial charge in [0.05, 0.1) is 11.0 Å². The van der Waals surface area contributed by atoms with Crippen LogP contribution in [0.4, 0.5) is 0 Å². The molecule has 0 aliphatic rings. The van der Waals surface area contributed by atoms with E-state index in [-0.39, 0.29) is 11.1 Å². The maximum absolute atomic E-state index is 14.8. The van der Waals surface area contributed by atoms with Crippen LogP contribution in [0, 0.1) is 0 Å². The Bertz CT molecular complexity index is 2870. The van der Waals surface area contributed by atoms with Gasteiger partial charge in [0.1, 0.15) is 0 Å². The Morgan fingerprint density at radius 2 is 0.688 bits per heavy atom. The fourth-order valence-corrected chi connectivity index (χ4v) is 7.53. The Hall–Kier alpha value is -6.26. The van der Waals surface area contributed by atoms with Gasteiger partial charge in [-0.1, -0.05) is 109 Å². The molecule has 0 fully saturated rings. The number of fused-ring (bicyclic) bond motifs is 16. The van der Waals surface area contributed by atoms with E-state index in [1.165, 1.54) is 0 Å².